The van der Waals surface area contributed by atoms with Gasteiger partial charge in [-0.2, -0.15) is 0 Å². The van der Waals surface area contributed by atoms with Crippen molar-refractivity contribution >= 4 is 0 Å². The van der Waals surface area contributed by atoms with E-state index in [1.165, 1.54) is 25.7 Å². The van der Waals surface area contributed by atoms with Crippen LogP contribution >= 0.6 is 0 Å². The van der Waals surface area contributed by atoms with E-state index < -0.39 is 0 Å². The molecule has 0 aliphatic heterocycles. The summed E-state index contributed by atoms with van der Waals surface area (Å²) in [6, 6.07) is 0. The molecule has 0 rings (SSSR count). The number of unbranched alkanes of at least 4 members (excludes halogenated alkanes) is 4. The summed E-state index contributed by atoms with van der Waals surface area (Å²) in [6.07, 6.45) is 7.00. The molecule has 98 valence electrons. The van der Waals surface area contributed by atoms with Crippen molar-refractivity contribution in [3.05, 3.63) is 0 Å². The third-order valence-corrected chi connectivity index (χ3v) is 2.44. The highest BCUT2D eigenvalue weighted by Gasteiger charge is 2.11. The summed E-state index contributed by atoms with van der Waals surface area (Å²) in [4.78, 5) is 1.98. The SMILES string of the molecule is CCCCCOC(OCCCCC)N(C)C. The second-order valence-corrected chi connectivity index (χ2v) is 4.43. The van der Waals surface area contributed by atoms with Crippen molar-refractivity contribution in [3.8, 4) is 0 Å². The van der Waals surface area contributed by atoms with E-state index >= 15 is 0 Å². The Balaban J connectivity index is 3.54. The molecule has 0 spiro atoms. The van der Waals surface area contributed by atoms with Gasteiger partial charge >= 0.3 is 0 Å². The van der Waals surface area contributed by atoms with Gasteiger partial charge in [-0.1, -0.05) is 39.5 Å². The summed E-state index contributed by atoms with van der Waals surface area (Å²) < 4.78 is 11.4. The van der Waals surface area contributed by atoms with Crippen LogP contribution in [-0.4, -0.2) is 38.6 Å². The standard InChI is InChI=1S/C13H29NO2/c1-5-7-9-11-15-13(14(3)4)16-12-10-8-6-2/h13H,5-12H2,1-4H3. The summed E-state index contributed by atoms with van der Waals surface area (Å²) >= 11 is 0. The van der Waals surface area contributed by atoms with Crippen LogP contribution in [0.25, 0.3) is 0 Å². The Bertz CT molecular complexity index is 128. The molecule has 0 aromatic rings. The Morgan fingerprint density at radius 3 is 1.56 bits per heavy atom. The van der Waals surface area contributed by atoms with Gasteiger partial charge in [0, 0.05) is 0 Å². The lowest BCUT2D eigenvalue weighted by molar-refractivity contribution is -0.212. The first-order valence-electron chi connectivity index (χ1n) is 6.62. The highest BCUT2D eigenvalue weighted by Crippen LogP contribution is 2.04. The zero-order chi connectivity index (χ0) is 12.2. The van der Waals surface area contributed by atoms with Crippen LogP contribution < -0.4 is 0 Å². The van der Waals surface area contributed by atoms with Gasteiger partial charge in [0.2, 0.25) is 6.41 Å². The molecule has 0 saturated heterocycles. The van der Waals surface area contributed by atoms with Gasteiger partial charge in [-0.05, 0) is 26.9 Å². The number of hydrogen-bond acceptors (Lipinski definition) is 3. The summed E-state index contributed by atoms with van der Waals surface area (Å²) in [5.74, 6) is 0. The molecule has 0 aliphatic rings. The highest BCUT2D eigenvalue weighted by molar-refractivity contribution is 4.44. The smallest absolute Gasteiger partial charge is 0.218 e. The van der Waals surface area contributed by atoms with Crippen LogP contribution in [0.2, 0.25) is 0 Å². The second-order valence-electron chi connectivity index (χ2n) is 4.43. The fourth-order valence-electron chi connectivity index (χ4n) is 1.42. The van der Waals surface area contributed by atoms with Crippen LogP contribution in [0.5, 0.6) is 0 Å². The Morgan fingerprint density at radius 1 is 0.812 bits per heavy atom. The molecule has 0 bridgehead atoms. The van der Waals surface area contributed by atoms with Crippen LogP contribution in [0.4, 0.5) is 0 Å². The molecule has 3 nitrogen and oxygen atoms in total. The van der Waals surface area contributed by atoms with Crippen molar-refractivity contribution in [2.75, 3.05) is 27.3 Å². The average molecular weight is 231 g/mol. The maximum atomic E-state index is 5.69. The maximum Gasteiger partial charge on any atom is 0.218 e. The summed E-state index contributed by atoms with van der Waals surface area (Å²) in [5, 5.41) is 0. The van der Waals surface area contributed by atoms with Gasteiger partial charge in [-0.25, -0.2) is 0 Å². The number of hydrogen-bond donors (Lipinski definition) is 0. The first-order valence-corrected chi connectivity index (χ1v) is 6.62. The van der Waals surface area contributed by atoms with E-state index in [2.05, 4.69) is 13.8 Å². The summed E-state index contributed by atoms with van der Waals surface area (Å²) in [6.45, 7) is 5.99. The highest BCUT2D eigenvalue weighted by atomic mass is 16.7. The van der Waals surface area contributed by atoms with Crippen molar-refractivity contribution in [2.45, 2.75) is 58.8 Å². The van der Waals surface area contributed by atoms with Crippen LogP contribution in [0.1, 0.15) is 52.4 Å². The van der Waals surface area contributed by atoms with E-state index in [1.54, 1.807) is 0 Å². The quantitative estimate of drug-likeness (QED) is 0.402. The Hall–Kier alpha value is -0.120. The predicted molar refractivity (Wildman–Crippen MR) is 68.4 cm³/mol. The lowest BCUT2D eigenvalue weighted by Crippen LogP contribution is -2.34. The first-order chi connectivity index (χ1) is 7.72. The minimum atomic E-state index is -0.172. The van der Waals surface area contributed by atoms with Gasteiger partial charge < -0.3 is 9.47 Å². The molecule has 0 aromatic heterocycles. The molecule has 0 saturated carbocycles. The molecule has 0 radical (unpaired) electrons. The molecule has 0 N–H and O–H groups in total. The normalized spacial score (nSPS) is 11.6. The zero-order valence-electron chi connectivity index (χ0n) is 11.5. The molecule has 0 aliphatic carbocycles. The molecule has 16 heavy (non-hydrogen) atoms. The van der Waals surface area contributed by atoms with E-state index in [0.29, 0.717) is 0 Å². The predicted octanol–water partition coefficient (Wildman–Crippen LogP) is 3.25. The van der Waals surface area contributed by atoms with Gasteiger partial charge in [-0.3, -0.25) is 4.90 Å². The average Bonchev–Trinajstić information content (AvgIpc) is 2.26. The van der Waals surface area contributed by atoms with Crippen molar-refractivity contribution < 1.29 is 9.47 Å². The lowest BCUT2D eigenvalue weighted by atomic mass is 10.3. The Kier molecular flexibility index (Phi) is 11.3. The second kappa shape index (κ2) is 11.4. The summed E-state index contributed by atoms with van der Waals surface area (Å²) in [7, 11) is 3.98. The molecular weight excluding hydrogens is 202 g/mol. The van der Waals surface area contributed by atoms with Crippen molar-refractivity contribution in [3.63, 3.8) is 0 Å². The fourth-order valence-corrected chi connectivity index (χ4v) is 1.42. The van der Waals surface area contributed by atoms with Gasteiger partial charge in [0.15, 0.2) is 0 Å². The van der Waals surface area contributed by atoms with Gasteiger partial charge in [0.25, 0.3) is 0 Å². The Labute approximate surface area is 101 Å². The van der Waals surface area contributed by atoms with E-state index in [4.69, 9.17) is 9.47 Å². The topological polar surface area (TPSA) is 21.7 Å². The summed E-state index contributed by atoms with van der Waals surface area (Å²) in [5.41, 5.74) is 0. The zero-order valence-corrected chi connectivity index (χ0v) is 11.5. The number of ether oxygens (including phenoxy) is 2. The van der Waals surface area contributed by atoms with Crippen LogP contribution in [0, 0.1) is 0 Å². The lowest BCUT2D eigenvalue weighted by Gasteiger charge is -2.24. The minimum absolute atomic E-state index is 0.172. The van der Waals surface area contributed by atoms with Crippen molar-refractivity contribution in [1.29, 1.82) is 0 Å². The van der Waals surface area contributed by atoms with Crippen LogP contribution in [-0.2, 0) is 9.47 Å². The van der Waals surface area contributed by atoms with Crippen molar-refractivity contribution in [2.24, 2.45) is 0 Å². The third kappa shape index (κ3) is 9.13. The number of rotatable bonds is 11. The monoisotopic (exact) mass is 231 g/mol. The Morgan fingerprint density at radius 2 is 1.25 bits per heavy atom. The molecular formula is C13H29NO2. The minimum Gasteiger partial charge on any atom is -0.340 e. The van der Waals surface area contributed by atoms with Crippen LogP contribution in [0.15, 0.2) is 0 Å². The number of nitrogens with zero attached hydrogens (tertiary/aromatic N) is 1. The van der Waals surface area contributed by atoms with Crippen LogP contribution in [0.3, 0.4) is 0 Å². The largest absolute Gasteiger partial charge is 0.340 e. The van der Waals surface area contributed by atoms with E-state index in [0.717, 1.165) is 26.1 Å². The third-order valence-electron chi connectivity index (χ3n) is 2.44. The molecule has 0 fully saturated rings. The van der Waals surface area contributed by atoms with E-state index in [-0.39, 0.29) is 6.41 Å². The van der Waals surface area contributed by atoms with E-state index in [9.17, 15) is 0 Å². The van der Waals surface area contributed by atoms with Gasteiger partial charge in [0.05, 0.1) is 13.2 Å². The van der Waals surface area contributed by atoms with E-state index in [1.807, 2.05) is 19.0 Å². The molecule has 0 amide bonds. The molecule has 3 heteroatoms. The molecule has 0 heterocycles. The molecule has 0 atom stereocenters. The molecule has 0 aromatic carbocycles. The maximum absolute atomic E-state index is 5.69. The fraction of sp³-hybridized carbons (Fsp3) is 1.00. The van der Waals surface area contributed by atoms with Gasteiger partial charge in [-0.15, -0.1) is 0 Å². The molecule has 0 unspecified atom stereocenters. The van der Waals surface area contributed by atoms with Crippen molar-refractivity contribution in [1.82, 2.24) is 4.90 Å². The first kappa shape index (κ1) is 15.9. The van der Waals surface area contributed by atoms with Gasteiger partial charge in [0.1, 0.15) is 0 Å².